The molecule has 0 unspecified atom stereocenters. The number of rotatable bonds is 4. The summed E-state index contributed by atoms with van der Waals surface area (Å²) in [5.41, 5.74) is 1.12. The van der Waals surface area contributed by atoms with Crippen molar-refractivity contribution < 1.29 is 4.39 Å². The van der Waals surface area contributed by atoms with Crippen LogP contribution < -0.4 is 0 Å². The van der Waals surface area contributed by atoms with Crippen LogP contribution in [-0.4, -0.2) is 18.5 Å². The monoisotopic (exact) mass is 337 g/mol. The average molecular weight is 338 g/mol. The number of benzene rings is 1. The Balaban J connectivity index is 2.47. The first kappa shape index (κ1) is 16.9. The Morgan fingerprint density at radius 2 is 2.05 bits per heavy atom. The highest BCUT2D eigenvalue weighted by atomic mass is 79.9. The Labute approximate surface area is 130 Å². The molecule has 108 valence electrons. The van der Waals surface area contributed by atoms with Gasteiger partial charge in [0.1, 0.15) is 5.82 Å². The van der Waals surface area contributed by atoms with Gasteiger partial charge in [-0.1, -0.05) is 24.0 Å². The Kier molecular flexibility index (Phi) is 6.45. The zero-order valence-corrected chi connectivity index (χ0v) is 14.1. The lowest BCUT2D eigenvalue weighted by atomic mass is 9.98. The maximum atomic E-state index is 13.1. The summed E-state index contributed by atoms with van der Waals surface area (Å²) in [7, 11) is 2.03. The van der Waals surface area contributed by atoms with Gasteiger partial charge >= 0.3 is 0 Å². The van der Waals surface area contributed by atoms with Crippen molar-refractivity contribution in [2.24, 2.45) is 5.41 Å². The minimum atomic E-state index is -0.228. The van der Waals surface area contributed by atoms with E-state index in [1.165, 1.54) is 6.07 Å². The maximum Gasteiger partial charge on any atom is 0.137 e. The molecule has 0 spiro atoms. The highest BCUT2D eigenvalue weighted by molar-refractivity contribution is 9.10. The van der Waals surface area contributed by atoms with E-state index in [4.69, 9.17) is 0 Å². The van der Waals surface area contributed by atoms with Crippen LogP contribution in [0.4, 0.5) is 4.39 Å². The molecule has 0 aliphatic heterocycles. The SMILES string of the molecule is CN(CC=CC#CC(C)(C)C)Cc1ccc(F)c(Br)c1. The third-order valence-electron chi connectivity index (χ3n) is 2.50. The van der Waals surface area contributed by atoms with E-state index in [1.807, 2.05) is 25.3 Å². The highest BCUT2D eigenvalue weighted by Crippen LogP contribution is 2.17. The molecule has 1 rings (SSSR count). The van der Waals surface area contributed by atoms with E-state index in [2.05, 4.69) is 53.4 Å². The number of hydrogen-bond donors (Lipinski definition) is 0. The fourth-order valence-electron chi connectivity index (χ4n) is 1.56. The standard InChI is InChI=1S/C17H21BrFN/c1-17(2,3)10-6-5-7-11-20(4)13-14-8-9-16(19)15(18)12-14/h5,7-9,12H,11,13H2,1-4H3. The average Bonchev–Trinajstić information content (AvgIpc) is 2.32. The molecule has 0 aliphatic carbocycles. The van der Waals surface area contributed by atoms with E-state index >= 15 is 0 Å². The van der Waals surface area contributed by atoms with Gasteiger partial charge in [0.2, 0.25) is 0 Å². The van der Waals surface area contributed by atoms with Crippen molar-refractivity contribution in [1.29, 1.82) is 0 Å². The second-order valence-electron chi connectivity index (χ2n) is 5.87. The van der Waals surface area contributed by atoms with Gasteiger partial charge in [0.25, 0.3) is 0 Å². The van der Waals surface area contributed by atoms with Gasteiger partial charge in [-0.3, -0.25) is 4.90 Å². The lowest BCUT2D eigenvalue weighted by Crippen LogP contribution is -2.17. The number of nitrogens with zero attached hydrogens (tertiary/aromatic N) is 1. The molecule has 0 fully saturated rings. The van der Waals surface area contributed by atoms with Crippen LogP contribution in [0.15, 0.2) is 34.8 Å². The Bertz CT molecular complexity index is 532. The lowest BCUT2D eigenvalue weighted by Gasteiger charge is -2.14. The van der Waals surface area contributed by atoms with Gasteiger partial charge in [-0.2, -0.15) is 0 Å². The van der Waals surface area contributed by atoms with Gasteiger partial charge in [-0.05, 0) is 67.5 Å². The van der Waals surface area contributed by atoms with E-state index in [1.54, 1.807) is 6.07 Å². The molecule has 1 aromatic carbocycles. The molecule has 0 saturated carbocycles. The summed E-state index contributed by atoms with van der Waals surface area (Å²) in [4.78, 5) is 2.15. The van der Waals surface area contributed by atoms with E-state index in [9.17, 15) is 4.39 Å². The Hall–Kier alpha value is -1.11. The zero-order valence-electron chi connectivity index (χ0n) is 12.5. The molecule has 0 atom stereocenters. The normalized spacial score (nSPS) is 11.8. The smallest absolute Gasteiger partial charge is 0.137 e. The van der Waals surface area contributed by atoms with E-state index < -0.39 is 0 Å². The Morgan fingerprint density at radius 1 is 1.35 bits per heavy atom. The topological polar surface area (TPSA) is 3.24 Å². The van der Waals surface area contributed by atoms with Crippen LogP contribution in [0.3, 0.4) is 0 Å². The summed E-state index contributed by atoms with van der Waals surface area (Å²) in [6, 6.07) is 5.10. The van der Waals surface area contributed by atoms with Crippen LogP contribution in [0.25, 0.3) is 0 Å². The second-order valence-corrected chi connectivity index (χ2v) is 6.72. The first-order valence-electron chi connectivity index (χ1n) is 6.58. The summed E-state index contributed by atoms with van der Waals surface area (Å²) in [6.45, 7) is 7.86. The summed E-state index contributed by atoms with van der Waals surface area (Å²) in [5.74, 6) is 5.97. The minimum absolute atomic E-state index is 0.0383. The van der Waals surface area contributed by atoms with Crippen LogP contribution in [0.2, 0.25) is 0 Å². The van der Waals surface area contributed by atoms with E-state index in [0.717, 1.165) is 18.7 Å². The Morgan fingerprint density at radius 3 is 2.65 bits per heavy atom. The summed E-state index contributed by atoms with van der Waals surface area (Å²) in [5, 5.41) is 0. The van der Waals surface area contributed by atoms with Gasteiger partial charge < -0.3 is 0 Å². The minimum Gasteiger partial charge on any atom is -0.298 e. The quantitative estimate of drug-likeness (QED) is 0.724. The molecule has 0 aliphatic rings. The molecule has 0 amide bonds. The predicted octanol–water partition coefficient (Wildman–Crippen LogP) is 4.63. The van der Waals surface area contributed by atoms with Crippen molar-refractivity contribution >= 4 is 15.9 Å². The van der Waals surface area contributed by atoms with Crippen LogP contribution in [0.1, 0.15) is 26.3 Å². The van der Waals surface area contributed by atoms with Crippen LogP contribution in [-0.2, 0) is 6.54 Å². The van der Waals surface area contributed by atoms with Crippen molar-refractivity contribution in [2.75, 3.05) is 13.6 Å². The number of halogens is 2. The van der Waals surface area contributed by atoms with E-state index in [-0.39, 0.29) is 11.2 Å². The molecule has 20 heavy (non-hydrogen) atoms. The fourth-order valence-corrected chi connectivity index (χ4v) is 1.99. The molecular formula is C17H21BrFN. The van der Waals surface area contributed by atoms with Crippen molar-refractivity contribution in [2.45, 2.75) is 27.3 Å². The van der Waals surface area contributed by atoms with Gasteiger partial charge in [0.15, 0.2) is 0 Å². The van der Waals surface area contributed by atoms with Crippen molar-refractivity contribution in [1.82, 2.24) is 4.90 Å². The number of allylic oxidation sites excluding steroid dienone is 1. The summed E-state index contributed by atoms with van der Waals surface area (Å²) < 4.78 is 13.6. The largest absolute Gasteiger partial charge is 0.298 e. The third-order valence-corrected chi connectivity index (χ3v) is 3.11. The molecule has 0 radical (unpaired) electrons. The van der Waals surface area contributed by atoms with Crippen LogP contribution in [0.5, 0.6) is 0 Å². The number of hydrogen-bond acceptors (Lipinski definition) is 1. The zero-order chi connectivity index (χ0) is 15.2. The van der Waals surface area contributed by atoms with Crippen LogP contribution >= 0.6 is 15.9 Å². The predicted molar refractivity (Wildman–Crippen MR) is 86.8 cm³/mol. The van der Waals surface area contributed by atoms with Crippen molar-refractivity contribution in [3.63, 3.8) is 0 Å². The van der Waals surface area contributed by atoms with Gasteiger partial charge in [-0.25, -0.2) is 4.39 Å². The molecule has 3 heteroatoms. The molecule has 0 heterocycles. The highest BCUT2D eigenvalue weighted by Gasteiger charge is 2.03. The van der Waals surface area contributed by atoms with Gasteiger partial charge in [0, 0.05) is 18.5 Å². The maximum absolute atomic E-state index is 13.1. The second kappa shape index (κ2) is 7.61. The molecular weight excluding hydrogens is 317 g/mol. The number of likely N-dealkylation sites (N-methyl/N-ethyl adjacent to an activating group) is 1. The molecule has 1 nitrogen and oxygen atoms in total. The first-order chi connectivity index (χ1) is 9.28. The molecule has 0 aromatic heterocycles. The summed E-state index contributed by atoms with van der Waals surface area (Å²) >= 11 is 3.20. The van der Waals surface area contributed by atoms with Gasteiger partial charge in [-0.15, -0.1) is 0 Å². The first-order valence-corrected chi connectivity index (χ1v) is 7.37. The van der Waals surface area contributed by atoms with E-state index in [0.29, 0.717) is 4.47 Å². The lowest BCUT2D eigenvalue weighted by molar-refractivity contribution is 0.363. The molecule has 0 N–H and O–H groups in total. The molecule has 0 bridgehead atoms. The summed E-state index contributed by atoms with van der Waals surface area (Å²) in [6.07, 6.45) is 3.93. The van der Waals surface area contributed by atoms with Crippen molar-refractivity contribution in [3.8, 4) is 11.8 Å². The van der Waals surface area contributed by atoms with Crippen LogP contribution in [0, 0.1) is 23.1 Å². The fraction of sp³-hybridized carbons (Fsp3) is 0.412. The van der Waals surface area contributed by atoms with Crippen molar-refractivity contribution in [3.05, 3.63) is 46.2 Å². The molecule has 1 aromatic rings. The third kappa shape index (κ3) is 6.88. The molecule has 0 saturated heterocycles. The van der Waals surface area contributed by atoms with Gasteiger partial charge in [0.05, 0.1) is 4.47 Å².